The van der Waals surface area contributed by atoms with Crippen molar-refractivity contribution in [3.63, 3.8) is 0 Å². The molecular formula is C9H10N2OS. The van der Waals surface area contributed by atoms with E-state index in [4.69, 9.17) is 10.00 Å². The lowest BCUT2D eigenvalue weighted by Crippen LogP contribution is -1.91. The molecule has 0 aromatic carbocycles. The SMILES string of the molecule is COCCSc1ccc(C#N)nc1. The van der Waals surface area contributed by atoms with E-state index in [1.54, 1.807) is 31.1 Å². The van der Waals surface area contributed by atoms with Gasteiger partial charge in [0.1, 0.15) is 11.8 Å². The van der Waals surface area contributed by atoms with Gasteiger partial charge in [-0.1, -0.05) is 0 Å². The summed E-state index contributed by atoms with van der Waals surface area (Å²) in [5.41, 5.74) is 0.455. The van der Waals surface area contributed by atoms with Gasteiger partial charge in [-0.05, 0) is 12.1 Å². The van der Waals surface area contributed by atoms with Crippen LogP contribution in [0.3, 0.4) is 0 Å². The van der Waals surface area contributed by atoms with E-state index >= 15 is 0 Å². The molecule has 0 aliphatic carbocycles. The first-order valence-electron chi connectivity index (χ1n) is 3.84. The minimum absolute atomic E-state index is 0.455. The van der Waals surface area contributed by atoms with Crippen LogP contribution in [0.4, 0.5) is 0 Å². The Hall–Kier alpha value is -1.05. The number of nitriles is 1. The van der Waals surface area contributed by atoms with E-state index in [1.165, 1.54) is 0 Å². The van der Waals surface area contributed by atoms with Gasteiger partial charge in [0.15, 0.2) is 0 Å². The van der Waals surface area contributed by atoms with Crippen LogP contribution < -0.4 is 0 Å². The van der Waals surface area contributed by atoms with Crippen molar-refractivity contribution in [1.29, 1.82) is 5.26 Å². The molecule has 0 saturated heterocycles. The molecule has 0 fully saturated rings. The molecule has 3 nitrogen and oxygen atoms in total. The van der Waals surface area contributed by atoms with Crippen molar-refractivity contribution in [3.8, 4) is 6.07 Å². The largest absolute Gasteiger partial charge is 0.384 e. The summed E-state index contributed by atoms with van der Waals surface area (Å²) in [4.78, 5) is 5.02. The number of pyridine rings is 1. The Kier molecular flexibility index (Phi) is 4.30. The van der Waals surface area contributed by atoms with Crippen molar-refractivity contribution in [2.45, 2.75) is 4.90 Å². The van der Waals surface area contributed by atoms with Gasteiger partial charge in [0, 0.05) is 24.0 Å². The van der Waals surface area contributed by atoms with E-state index in [-0.39, 0.29) is 0 Å². The second-order valence-corrected chi connectivity index (χ2v) is 3.50. The van der Waals surface area contributed by atoms with Gasteiger partial charge in [0.2, 0.25) is 0 Å². The van der Waals surface area contributed by atoms with Gasteiger partial charge in [0.05, 0.1) is 6.61 Å². The Morgan fingerprint density at radius 2 is 2.46 bits per heavy atom. The summed E-state index contributed by atoms with van der Waals surface area (Å²) >= 11 is 1.67. The van der Waals surface area contributed by atoms with Crippen LogP contribution in [0.1, 0.15) is 5.69 Å². The monoisotopic (exact) mass is 194 g/mol. The van der Waals surface area contributed by atoms with E-state index in [0.29, 0.717) is 5.69 Å². The van der Waals surface area contributed by atoms with Crippen molar-refractivity contribution >= 4 is 11.8 Å². The second-order valence-electron chi connectivity index (χ2n) is 2.33. The molecule has 4 heteroatoms. The zero-order chi connectivity index (χ0) is 9.52. The number of thioether (sulfide) groups is 1. The predicted octanol–water partition coefficient (Wildman–Crippen LogP) is 1.69. The molecule has 68 valence electrons. The maximum atomic E-state index is 8.50. The quantitative estimate of drug-likeness (QED) is 0.540. The Morgan fingerprint density at radius 1 is 1.62 bits per heavy atom. The molecule has 0 radical (unpaired) electrons. The molecule has 1 aromatic heterocycles. The van der Waals surface area contributed by atoms with E-state index < -0.39 is 0 Å². The van der Waals surface area contributed by atoms with Gasteiger partial charge in [-0.2, -0.15) is 5.26 Å². The molecule has 0 spiro atoms. The summed E-state index contributed by atoms with van der Waals surface area (Å²) < 4.78 is 4.91. The van der Waals surface area contributed by atoms with Gasteiger partial charge in [0.25, 0.3) is 0 Å². The van der Waals surface area contributed by atoms with Crippen molar-refractivity contribution < 1.29 is 4.74 Å². The van der Waals surface area contributed by atoms with E-state index in [0.717, 1.165) is 17.3 Å². The van der Waals surface area contributed by atoms with Crippen LogP contribution in [-0.2, 0) is 4.74 Å². The molecule has 0 saturated carbocycles. The van der Waals surface area contributed by atoms with Crippen LogP contribution >= 0.6 is 11.8 Å². The van der Waals surface area contributed by atoms with Gasteiger partial charge >= 0.3 is 0 Å². The van der Waals surface area contributed by atoms with Crippen LogP contribution in [0, 0.1) is 11.3 Å². The Bertz CT molecular complexity index is 291. The molecule has 0 bridgehead atoms. The average Bonchev–Trinajstić information content (AvgIpc) is 2.19. The molecular weight excluding hydrogens is 184 g/mol. The third kappa shape index (κ3) is 3.45. The predicted molar refractivity (Wildman–Crippen MR) is 51.6 cm³/mol. The second kappa shape index (κ2) is 5.57. The van der Waals surface area contributed by atoms with E-state index in [9.17, 15) is 0 Å². The summed E-state index contributed by atoms with van der Waals surface area (Å²) in [5, 5.41) is 8.50. The number of nitrogens with zero attached hydrogens (tertiary/aromatic N) is 2. The lowest BCUT2D eigenvalue weighted by molar-refractivity contribution is 0.218. The summed E-state index contributed by atoms with van der Waals surface area (Å²) in [6.07, 6.45) is 1.71. The Labute approximate surface area is 81.7 Å². The van der Waals surface area contributed by atoms with Gasteiger partial charge in [-0.3, -0.25) is 0 Å². The summed E-state index contributed by atoms with van der Waals surface area (Å²) in [5.74, 6) is 0.907. The molecule has 0 amide bonds. The van der Waals surface area contributed by atoms with E-state index in [2.05, 4.69) is 4.98 Å². The third-order valence-corrected chi connectivity index (χ3v) is 2.35. The molecule has 13 heavy (non-hydrogen) atoms. The van der Waals surface area contributed by atoms with Crippen LogP contribution in [0.15, 0.2) is 23.2 Å². The van der Waals surface area contributed by atoms with Crippen LogP contribution in [-0.4, -0.2) is 24.5 Å². The van der Waals surface area contributed by atoms with E-state index in [1.807, 2.05) is 12.1 Å². The standard InChI is InChI=1S/C9H10N2OS/c1-12-4-5-13-9-3-2-8(6-10)11-7-9/h2-3,7H,4-5H2,1H3. The van der Waals surface area contributed by atoms with Gasteiger partial charge in [-0.25, -0.2) is 4.98 Å². The zero-order valence-corrected chi connectivity index (χ0v) is 8.17. The highest BCUT2D eigenvalue weighted by Crippen LogP contribution is 2.15. The first-order chi connectivity index (χ1) is 6.36. The Balaban J connectivity index is 2.46. The number of hydrogen-bond acceptors (Lipinski definition) is 4. The minimum atomic E-state index is 0.455. The molecule has 0 unspecified atom stereocenters. The first-order valence-corrected chi connectivity index (χ1v) is 4.83. The Morgan fingerprint density at radius 3 is 3.00 bits per heavy atom. The zero-order valence-electron chi connectivity index (χ0n) is 7.36. The first kappa shape index (κ1) is 10.0. The fourth-order valence-electron chi connectivity index (χ4n) is 0.775. The number of methoxy groups -OCH3 is 1. The van der Waals surface area contributed by atoms with Crippen molar-refractivity contribution in [2.75, 3.05) is 19.5 Å². The van der Waals surface area contributed by atoms with Crippen LogP contribution in [0.5, 0.6) is 0 Å². The highest BCUT2D eigenvalue weighted by Gasteiger charge is 1.95. The van der Waals surface area contributed by atoms with Crippen molar-refractivity contribution in [1.82, 2.24) is 4.98 Å². The van der Waals surface area contributed by atoms with Crippen LogP contribution in [0.25, 0.3) is 0 Å². The summed E-state index contributed by atoms with van der Waals surface area (Å²) in [7, 11) is 1.68. The number of aromatic nitrogens is 1. The molecule has 1 aromatic rings. The molecule has 0 aliphatic heterocycles. The number of hydrogen-bond donors (Lipinski definition) is 0. The molecule has 0 N–H and O–H groups in total. The highest BCUT2D eigenvalue weighted by atomic mass is 32.2. The third-order valence-electron chi connectivity index (χ3n) is 1.41. The average molecular weight is 194 g/mol. The van der Waals surface area contributed by atoms with Crippen LogP contribution in [0.2, 0.25) is 0 Å². The molecule has 1 heterocycles. The number of rotatable bonds is 4. The smallest absolute Gasteiger partial charge is 0.140 e. The highest BCUT2D eigenvalue weighted by molar-refractivity contribution is 7.99. The normalized spacial score (nSPS) is 9.54. The lowest BCUT2D eigenvalue weighted by atomic mass is 10.4. The fourth-order valence-corrected chi connectivity index (χ4v) is 1.55. The minimum Gasteiger partial charge on any atom is -0.384 e. The van der Waals surface area contributed by atoms with Gasteiger partial charge < -0.3 is 4.74 Å². The molecule has 1 rings (SSSR count). The maximum Gasteiger partial charge on any atom is 0.140 e. The van der Waals surface area contributed by atoms with Crippen molar-refractivity contribution in [3.05, 3.63) is 24.0 Å². The van der Waals surface area contributed by atoms with Gasteiger partial charge in [-0.15, -0.1) is 11.8 Å². The summed E-state index contributed by atoms with van der Waals surface area (Å²) in [6, 6.07) is 5.59. The number of ether oxygens (including phenoxy) is 1. The molecule has 0 aliphatic rings. The topological polar surface area (TPSA) is 45.9 Å². The fraction of sp³-hybridized carbons (Fsp3) is 0.333. The van der Waals surface area contributed by atoms with Crippen molar-refractivity contribution in [2.24, 2.45) is 0 Å². The maximum absolute atomic E-state index is 8.50. The summed E-state index contributed by atoms with van der Waals surface area (Å²) in [6.45, 7) is 0.727. The lowest BCUT2D eigenvalue weighted by Gasteiger charge is -1.99. The molecule has 0 atom stereocenters.